The minimum atomic E-state index is 0.415. The van der Waals surface area contributed by atoms with Gasteiger partial charge in [-0.1, -0.05) is 17.3 Å². The number of hydrogen-bond donors (Lipinski definition) is 1. The van der Waals surface area contributed by atoms with Gasteiger partial charge in [0.2, 0.25) is 5.88 Å². The number of morpholine rings is 1. The summed E-state index contributed by atoms with van der Waals surface area (Å²) in [6.45, 7) is 2.53. The van der Waals surface area contributed by atoms with Crippen molar-refractivity contribution in [2.45, 2.75) is 4.90 Å². The van der Waals surface area contributed by atoms with Crippen LogP contribution in [-0.4, -0.2) is 53.5 Å². The predicted octanol–water partition coefficient (Wildman–Crippen LogP) is 3.06. The van der Waals surface area contributed by atoms with Crippen molar-refractivity contribution in [3.63, 3.8) is 0 Å². The van der Waals surface area contributed by atoms with Gasteiger partial charge in [0.25, 0.3) is 0 Å². The van der Waals surface area contributed by atoms with Crippen LogP contribution in [0.4, 0.5) is 0 Å². The molecule has 0 atom stereocenters. The first-order valence-electron chi connectivity index (χ1n) is 7.64. The molecule has 0 amide bonds. The second-order valence-electron chi connectivity index (χ2n) is 5.13. The summed E-state index contributed by atoms with van der Waals surface area (Å²) in [5, 5.41) is 13.0. The van der Waals surface area contributed by atoms with E-state index in [1.807, 2.05) is 41.5 Å². The van der Waals surface area contributed by atoms with E-state index in [1.165, 1.54) is 0 Å². The minimum absolute atomic E-state index is 0.415. The summed E-state index contributed by atoms with van der Waals surface area (Å²) in [5.41, 5.74) is 0.651. The zero-order chi connectivity index (χ0) is 16.8. The van der Waals surface area contributed by atoms with Gasteiger partial charge in [0.15, 0.2) is 5.84 Å². The van der Waals surface area contributed by atoms with Gasteiger partial charge in [-0.05, 0) is 30.5 Å². The van der Waals surface area contributed by atoms with Crippen molar-refractivity contribution in [3.05, 3.63) is 48.2 Å². The van der Waals surface area contributed by atoms with Gasteiger partial charge in [-0.3, -0.25) is 0 Å². The van der Waals surface area contributed by atoms with Crippen LogP contribution in [0, 0.1) is 0 Å². The Morgan fingerprint density at radius 1 is 1.25 bits per heavy atom. The number of pyridine rings is 1. The number of ether oxygens (including phenoxy) is 2. The Bertz CT molecular complexity index is 718. The maximum absolute atomic E-state index is 9.54. The number of benzene rings is 1. The topological polar surface area (TPSA) is 67.2 Å². The second-order valence-corrected chi connectivity index (χ2v) is 5.98. The molecule has 0 saturated carbocycles. The maximum Gasteiger partial charge on any atom is 0.230 e. The number of hydrogen-bond acceptors (Lipinski definition) is 6. The molecule has 0 unspecified atom stereocenters. The van der Waals surface area contributed by atoms with Gasteiger partial charge >= 0.3 is 0 Å². The average molecular weight is 345 g/mol. The van der Waals surface area contributed by atoms with Gasteiger partial charge in [-0.25, -0.2) is 4.98 Å². The summed E-state index contributed by atoms with van der Waals surface area (Å²) in [7, 11) is 0. The van der Waals surface area contributed by atoms with Crippen molar-refractivity contribution < 1.29 is 14.7 Å². The Labute approximate surface area is 145 Å². The van der Waals surface area contributed by atoms with Crippen LogP contribution < -0.4 is 4.74 Å². The molecule has 1 aliphatic heterocycles. The lowest BCUT2D eigenvalue weighted by atomic mass is 10.2. The summed E-state index contributed by atoms with van der Waals surface area (Å²) in [4.78, 5) is 7.31. The quantitative estimate of drug-likeness (QED) is 0.302. The molecule has 126 valence electrons. The molecule has 0 bridgehead atoms. The van der Waals surface area contributed by atoms with E-state index in [0.29, 0.717) is 43.6 Å². The Morgan fingerprint density at radius 2 is 2.04 bits per heavy atom. The molecule has 1 fully saturated rings. The third-order valence-corrected chi connectivity index (χ3v) is 4.47. The SMILES string of the molecule is CSc1ccccc1Oc1ncccc1/C(=N/O)N1CCOCC1. The largest absolute Gasteiger partial charge is 0.437 e. The van der Waals surface area contributed by atoms with Crippen LogP contribution >= 0.6 is 11.8 Å². The first kappa shape index (κ1) is 16.6. The maximum atomic E-state index is 9.54. The Morgan fingerprint density at radius 3 is 2.79 bits per heavy atom. The van der Waals surface area contributed by atoms with E-state index in [4.69, 9.17) is 9.47 Å². The van der Waals surface area contributed by atoms with Crippen LogP contribution in [0.2, 0.25) is 0 Å². The van der Waals surface area contributed by atoms with Crippen LogP contribution in [0.5, 0.6) is 11.6 Å². The molecular weight excluding hydrogens is 326 g/mol. The fraction of sp³-hybridized carbons (Fsp3) is 0.294. The number of oxime groups is 1. The fourth-order valence-electron chi connectivity index (χ4n) is 2.51. The summed E-state index contributed by atoms with van der Waals surface area (Å²) in [6.07, 6.45) is 3.66. The van der Waals surface area contributed by atoms with Gasteiger partial charge < -0.3 is 19.6 Å². The third kappa shape index (κ3) is 3.63. The van der Waals surface area contributed by atoms with Crippen LogP contribution in [0.1, 0.15) is 5.56 Å². The molecule has 1 aliphatic rings. The lowest BCUT2D eigenvalue weighted by molar-refractivity contribution is 0.0667. The number of thioether (sulfide) groups is 1. The highest BCUT2D eigenvalue weighted by molar-refractivity contribution is 7.98. The van der Waals surface area contributed by atoms with E-state index in [9.17, 15) is 5.21 Å². The van der Waals surface area contributed by atoms with Crippen molar-refractivity contribution in [3.8, 4) is 11.6 Å². The number of para-hydroxylation sites is 1. The molecule has 1 saturated heterocycles. The zero-order valence-electron chi connectivity index (χ0n) is 13.4. The van der Waals surface area contributed by atoms with Crippen LogP contribution in [0.15, 0.2) is 52.6 Å². The van der Waals surface area contributed by atoms with Crippen molar-refractivity contribution in [2.75, 3.05) is 32.6 Å². The molecule has 6 nitrogen and oxygen atoms in total. The van der Waals surface area contributed by atoms with E-state index < -0.39 is 0 Å². The fourth-order valence-corrected chi connectivity index (χ4v) is 3.04. The van der Waals surface area contributed by atoms with Gasteiger partial charge in [0.05, 0.1) is 18.8 Å². The third-order valence-electron chi connectivity index (χ3n) is 3.69. The van der Waals surface area contributed by atoms with Crippen molar-refractivity contribution >= 4 is 17.6 Å². The Balaban J connectivity index is 1.92. The van der Waals surface area contributed by atoms with E-state index in [1.54, 1.807) is 24.0 Å². The molecule has 1 aromatic heterocycles. The standard InChI is InChI=1S/C17H19N3O3S/c1-24-15-7-3-2-6-14(15)23-17-13(5-4-8-18-17)16(19-21)20-9-11-22-12-10-20/h2-8,21H,9-12H2,1H3/b19-16-. The van der Waals surface area contributed by atoms with Gasteiger partial charge in [-0.2, -0.15) is 0 Å². The highest BCUT2D eigenvalue weighted by Crippen LogP contribution is 2.32. The molecule has 2 aromatic rings. The summed E-state index contributed by atoms with van der Waals surface area (Å²) in [6, 6.07) is 11.4. The van der Waals surface area contributed by atoms with Crippen LogP contribution in [0.25, 0.3) is 0 Å². The molecule has 1 N–H and O–H groups in total. The van der Waals surface area contributed by atoms with Gasteiger partial charge in [-0.15, -0.1) is 11.8 Å². The number of aromatic nitrogens is 1. The normalized spacial score (nSPS) is 15.4. The molecule has 0 spiro atoms. The highest BCUT2D eigenvalue weighted by Gasteiger charge is 2.22. The average Bonchev–Trinajstić information content (AvgIpc) is 2.65. The van der Waals surface area contributed by atoms with E-state index in [-0.39, 0.29) is 0 Å². The van der Waals surface area contributed by atoms with E-state index >= 15 is 0 Å². The first-order chi connectivity index (χ1) is 11.8. The lowest BCUT2D eigenvalue weighted by Crippen LogP contribution is -2.41. The Kier molecular flexibility index (Phi) is 5.55. The minimum Gasteiger partial charge on any atom is -0.437 e. The zero-order valence-corrected chi connectivity index (χ0v) is 14.2. The van der Waals surface area contributed by atoms with E-state index in [0.717, 1.165) is 10.6 Å². The monoisotopic (exact) mass is 345 g/mol. The van der Waals surface area contributed by atoms with Crippen LogP contribution in [-0.2, 0) is 4.74 Å². The highest BCUT2D eigenvalue weighted by atomic mass is 32.2. The number of amidine groups is 1. The van der Waals surface area contributed by atoms with Crippen LogP contribution in [0.3, 0.4) is 0 Å². The smallest absolute Gasteiger partial charge is 0.230 e. The lowest BCUT2D eigenvalue weighted by Gasteiger charge is -2.29. The summed E-state index contributed by atoms with van der Waals surface area (Å²) >= 11 is 1.60. The van der Waals surface area contributed by atoms with Gasteiger partial charge in [0, 0.05) is 24.2 Å². The van der Waals surface area contributed by atoms with Crippen molar-refractivity contribution in [2.24, 2.45) is 5.16 Å². The molecular formula is C17H19N3O3S. The summed E-state index contributed by atoms with van der Waals surface area (Å²) in [5.74, 6) is 1.59. The second kappa shape index (κ2) is 8.03. The van der Waals surface area contributed by atoms with Crippen molar-refractivity contribution in [1.82, 2.24) is 9.88 Å². The molecule has 1 aromatic carbocycles. The first-order valence-corrected chi connectivity index (χ1v) is 8.87. The number of rotatable bonds is 4. The van der Waals surface area contributed by atoms with E-state index in [2.05, 4.69) is 10.1 Å². The molecule has 7 heteroatoms. The molecule has 0 aliphatic carbocycles. The molecule has 24 heavy (non-hydrogen) atoms. The molecule has 3 rings (SSSR count). The Hall–Kier alpha value is -2.25. The van der Waals surface area contributed by atoms with Gasteiger partial charge in [0.1, 0.15) is 5.75 Å². The van der Waals surface area contributed by atoms with Crippen molar-refractivity contribution in [1.29, 1.82) is 0 Å². The predicted molar refractivity (Wildman–Crippen MR) is 93.2 cm³/mol. The molecule has 0 radical (unpaired) electrons. The number of nitrogens with zero attached hydrogens (tertiary/aromatic N) is 3. The summed E-state index contributed by atoms with van der Waals surface area (Å²) < 4.78 is 11.4. The molecule has 2 heterocycles.